The summed E-state index contributed by atoms with van der Waals surface area (Å²) in [6.45, 7) is 2.64. The predicted molar refractivity (Wildman–Crippen MR) is 59.4 cm³/mol. The molecule has 0 unspecified atom stereocenters. The second-order valence-electron chi connectivity index (χ2n) is 4.72. The highest BCUT2D eigenvalue weighted by atomic mass is 16.4. The zero-order chi connectivity index (χ0) is 11.9. The van der Waals surface area contributed by atoms with E-state index in [4.69, 9.17) is 10.8 Å². The second kappa shape index (κ2) is 3.37. The van der Waals surface area contributed by atoms with Gasteiger partial charge in [0, 0.05) is 18.8 Å². The van der Waals surface area contributed by atoms with Gasteiger partial charge in [-0.25, -0.2) is 4.79 Å². The summed E-state index contributed by atoms with van der Waals surface area (Å²) in [6, 6.07) is 1.18. The number of rotatable bonds is 3. The predicted octanol–water partition coefficient (Wildman–Crippen LogP) is 0.929. The number of aromatic nitrogens is 1. The molecule has 0 aromatic carbocycles. The lowest BCUT2D eigenvalue weighted by molar-refractivity contribution is 0.0697. The molecule has 1 aliphatic rings. The fourth-order valence-corrected chi connectivity index (χ4v) is 1.67. The summed E-state index contributed by atoms with van der Waals surface area (Å²) in [4.78, 5) is 22.5. The summed E-state index contributed by atoms with van der Waals surface area (Å²) in [7, 11) is 0. The third-order valence-corrected chi connectivity index (χ3v) is 3.04. The molecule has 2 rings (SSSR count). The molecule has 5 heteroatoms. The standard InChI is InChI=1S/C11H14N2O3/c1-11(2-3-11)6-13-5-7(10(15)16)8(12)4-9(13)14/h4-5H,2-3,6,12H2,1H3,(H,15,16). The molecule has 0 saturated heterocycles. The van der Waals surface area contributed by atoms with Gasteiger partial charge in [0.1, 0.15) is 0 Å². The molecule has 1 heterocycles. The van der Waals surface area contributed by atoms with Crippen molar-refractivity contribution in [1.29, 1.82) is 0 Å². The molecule has 1 aromatic rings. The maximum atomic E-state index is 11.6. The van der Waals surface area contributed by atoms with Crippen molar-refractivity contribution >= 4 is 11.7 Å². The van der Waals surface area contributed by atoms with Gasteiger partial charge in [-0.1, -0.05) is 6.92 Å². The van der Waals surface area contributed by atoms with Crippen LogP contribution in [0.15, 0.2) is 17.1 Å². The lowest BCUT2D eigenvalue weighted by Crippen LogP contribution is -2.25. The van der Waals surface area contributed by atoms with Crippen LogP contribution in [-0.4, -0.2) is 15.6 Å². The molecule has 1 saturated carbocycles. The normalized spacial score (nSPS) is 17.1. The Morgan fingerprint density at radius 1 is 1.62 bits per heavy atom. The summed E-state index contributed by atoms with van der Waals surface area (Å²) in [6.07, 6.45) is 3.49. The molecule has 3 N–H and O–H groups in total. The Bertz CT molecular complexity index is 500. The quantitative estimate of drug-likeness (QED) is 0.796. The van der Waals surface area contributed by atoms with Crippen LogP contribution in [-0.2, 0) is 6.54 Å². The molecule has 0 amide bonds. The third-order valence-electron chi connectivity index (χ3n) is 3.04. The fraction of sp³-hybridized carbons (Fsp3) is 0.455. The lowest BCUT2D eigenvalue weighted by atomic mass is 10.1. The zero-order valence-corrected chi connectivity index (χ0v) is 9.06. The molecular weight excluding hydrogens is 208 g/mol. The van der Waals surface area contributed by atoms with Crippen molar-refractivity contribution in [3.63, 3.8) is 0 Å². The van der Waals surface area contributed by atoms with E-state index in [-0.39, 0.29) is 22.2 Å². The first-order valence-corrected chi connectivity index (χ1v) is 5.15. The molecule has 86 valence electrons. The van der Waals surface area contributed by atoms with Gasteiger partial charge in [0.2, 0.25) is 0 Å². The highest BCUT2D eigenvalue weighted by Gasteiger charge is 2.37. The number of hydrogen-bond acceptors (Lipinski definition) is 3. The minimum absolute atomic E-state index is 0.0103. The first-order valence-electron chi connectivity index (χ1n) is 5.15. The number of anilines is 1. The molecule has 1 aromatic heterocycles. The number of nitrogens with zero attached hydrogens (tertiary/aromatic N) is 1. The molecule has 0 spiro atoms. The first-order chi connectivity index (χ1) is 7.41. The van der Waals surface area contributed by atoms with Crippen molar-refractivity contribution < 1.29 is 9.90 Å². The van der Waals surface area contributed by atoms with Gasteiger partial charge < -0.3 is 15.4 Å². The van der Waals surface area contributed by atoms with E-state index in [1.165, 1.54) is 16.8 Å². The van der Waals surface area contributed by atoms with Crippen LogP contribution in [0.25, 0.3) is 0 Å². The Balaban J connectivity index is 2.41. The number of nitrogens with two attached hydrogens (primary N) is 1. The van der Waals surface area contributed by atoms with Crippen LogP contribution in [0.1, 0.15) is 30.1 Å². The smallest absolute Gasteiger partial charge is 0.339 e. The zero-order valence-electron chi connectivity index (χ0n) is 9.06. The summed E-state index contributed by atoms with van der Waals surface area (Å²) in [5, 5.41) is 8.90. The van der Waals surface area contributed by atoms with E-state index in [1.807, 2.05) is 0 Å². The van der Waals surface area contributed by atoms with E-state index in [1.54, 1.807) is 0 Å². The third kappa shape index (κ3) is 1.93. The number of carboxylic acid groups (broad SMARTS) is 1. The summed E-state index contributed by atoms with van der Waals surface area (Å²) < 4.78 is 1.44. The van der Waals surface area contributed by atoms with E-state index in [9.17, 15) is 9.59 Å². The maximum Gasteiger partial charge on any atom is 0.339 e. The van der Waals surface area contributed by atoms with Gasteiger partial charge in [-0.3, -0.25) is 4.79 Å². The average molecular weight is 222 g/mol. The van der Waals surface area contributed by atoms with Crippen LogP contribution in [0, 0.1) is 5.41 Å². The lowest BCUT2D eigenvalue weighted by Gasteiger charge is -2.12. The number of aromatic carboxylic acids is 1. The Labute approximate surface area is 92.5 Å². The van der Waals surface area contributed by atoms with Gasteiger partial charge in [0.15, 0.2) is 0 Å². The number of carboxylic acids is 1. The molecule has 0 bridgehead atoms. The number of pyridine rings is 1. The Hall–Kier alpha value is -1.78. The number of nitrogen functional groups attached to an aromatic ring is 1. The van der Waals surface area contributed by atoms with Crippen molar-refractivity contribution in [3.8, 4) is 0 Å². The average Bonchev–Trinajstić information content (AvgIpc) is 2.88. The van der Waals surface area contributed by atoms with Crippen molar-refractivity contribution in [2.45, 2.75) is 26.3 Å². The minimum atomic E-state index is -1.10. The molecule has 16 heavy (non-hydrogen) atoms. The maximum absolute atomic E-state index is 11.6. The van der Waals surface area contributed by atoms with Crippen molar-refractivity contribution in [2.75, 3.05) is 5.73 Å². The van der Waals surface area contributed by atoms with Crippen LogP contribution < -0.4 is 11.3 Å². The van der Waals surface area contributed by atoms with Gasteiger partial charge in [-0.15, -0.1) is 0 Å². The van der Waals surface area contributed by atoms with Crippen molar-refractivity contribution in [2.24, 2.45) is 5.41 Å². The first kappa shape index (κ1) is 10.7. The van der Waals surface area contributed by atoms with Crippen LogP contribution in [0.2, 0.25) is 0 Å². The minimum Gasteiger partial charge on any atom is -0.478 e. The molecule has 5 nitrogen and oxygen atoms in total. The van der Waals surface area contributed by atoms with Crippen LogP contribution in [0.3, 0.4) is 0 Å². The largest absolute Gasteiger partial charge is 0.478 e. The van der Waals surface area contributed by atoms with Crippen LogP contribution >= 0.6 is 0 Å². The number of carbonyl (C=O) groups is 1. The van der Waals surface area contributed by atoms with E-state index in [0.29, 0.717) is 6.54 Å². The topological polar surface area (TPSA) is 85.3 Å². The van der Waals surface area contributed by atoms with E-state index in [0.717, 1.165) is 12.8 Å². The molecule has 0 atom stereocenters. The Morgan fingerprint density at radius 3 is 2.75 bits per heavy atom. The van der Waals surface area contributed by atoms with Gasteiger partial charge in [-0.05, 0) is 18.3 Å². The van der Waals surface area contributed by atoms with Gasteiger partial charge in [0.05, 0.1) is 11.3 Å². The van der Waals surface area contributed by atoms with Gasteiger partial charge in [0.25, 0.3) is 5.56 Å². The summed E-state index contributed by atoms with van der Waals surface area (Å²) >= 11 is 0. The molecule has 1 fully saturated rings. The van der Waals surface area contributed by atoms with Gasteiger partial charge >= 0.3 is 5.97 Å². The van der Waals surface area contributed by atoms with Crippen LogP contribution in [0.5, 0.6) is 0 Å². The van der Waals surface area contributed by atoms with Crippen molar-refractivity contribution in [3.05, 3.63) is 28.2 Å². The fourth-order valence-electron chi connectivity index (χ4n) is 1.67. The summed E-state index contributed by atoms with van der Waals surface area (Å²) in [5.41, 5.74) is 5.40. The van der Waals surface area contributed by atoms with E-state index in [2.05, 4.69) is 6.92 Å². The van der Waals surface area contributed by atoms with E-state index >= 15 is 0 Å². The highest BCUT2D eigenvalue weighted by Crippen LogP contribution is 2.46. The van der Waals surface area contributed by atoms with E-state index < -0.39 is 5.97 Å². The molecule has 0 radical (unpaired) electrons. The SMILES string of the molecule is CC1(Cn2cc(C(=O)O)c(N)cc2=O)CC1. The second-order valence-corrected chi connectivity index (χ2v) is 4.72. The molecular formula is C11H14N2O3. The molecule has 1 aliphatic carbocycles. The monoisotopic (exact) mass is 222 g/mol. The van der Waals surface area contributed by atoms with Crippen molar-refractivity contribution in [1.82, 2.24) is 4.57 Å². The van der Waals surface area contributed by atoms with Gasteiger partial charge in [-0.2, -0.15) is 0 Å². The summed E-state index contributed by atoms with van der Waals surface area (Å²) in [5.74, 6) is -1.10. The Morgan fingerprint density at radius 2 is 2.25 bits per heavy atom. The molecule has 0 aliphatic heterocycles. The van der Waals surface area contributed by atoms with Crippen LogP contribution in [0.4, 0.5) is 5.69 Å². The highest BCUT2D eigenvalue weighted by molar-refractivity contribution is 5.93. The Kier molecular flexibility index (Phi) is 2.26. The number of hydrogen-bond donors (Lipinski definition) is 2.